The number of ether oxygens (including phenoxy) is 2. The van der Waals surface area contributed by atoms with Crippen LogP contribution in [0, 0.1) is 17.2 Å². The van der Waals surface area contributed by atoms with Gasteiger partial charge in [0.25, 0.3) is 11.5 Å². The molecule has 0 spiro atoms. The van der Waals surface area contributed by atoms with Crippen molar-refractivity contribution in [3.05, 3.63) is 52.1 Å². The number of amides is 1. The number of pyridine rings is 3. The highest BCUT2D eigenvalue weighted by atomic mass is 16.5. The van der Waals surface area contributed by atoms with E-state index in [0.29, 0.717) is 59.0 Å². The van der Waals surface area contributed by atoms with Gasteiger partial charge in [-0.25, -0.2) is 4.98 Å². The van der Waals surface area contributed by atoms with Gasteiger partial charge in [0.15, 0.2) is 23.9 Å². The molecule has 0 atom stereocenters. The van der Waals surface area contributed by atoms with E-state index < -0.39 is 0 Å². The van der Waals surface area contributed by atoms with Crippen molar-refractivity contribution in [2.24, 2.45) is 13.0 Å². The molecule has 2 aliphatic rings. The molecule has 3 aromatic rings. The molecule has 1 saturated carbocycles. The van der Waals surface area contributed by atoms with Crippen LogP contribution in [0.4, 0.5) is 5.82 Å². The lowest BCUT2D eigenvalue weighted by Crippen LogP contribution is -2.34. The average molecular weight is 475 g/mol. The summed E-state index contributed by atoms with van der Waals surface area (Å²) in [5, 5.41) is 15.8. The number of fused-ring (bicyclic) bond motifs is 2. The predicted molar refractivity (Wildman–Crippen MR) is 128 cm³/mol. The summed E-state index contributed by atoms with van der Waals surface area (Å²) in [5.74, 6) is 1.65. The number of rotatable bonds is 6. The number of hydrogen-bond donors (Lipinski definition) is 2. The fraction of sp³-hybridized carbons (Fsp3) is 0.400. The molecule has 10 heteroatoms. The molecule has 5 rings (SSSR count). The molecule has 0 aromatic carbocycles. The molecule has 35 heavy (non-hydrogen) atoms. The maximum Gasteiger partial charge on any atom is 0.263 e. The summed E-state index contributed by atoms with van der Waals surface area (Å²) in [6.45, 7) is 1.11. The standard InChI is InChI=1S/C25H26N6O4/c1-31-22(33)9-7-19-23(31)24(16(10-26)11-28-19)35-13-15-2-4-17(5-3-15)27-12-18-6-8-20-25(29-18)30-21(32)14-34-20/h6-9,11,15,17,27H,2-5,12-14H2,1H3,(H,29,30,32). The van der Waals surface area contributed by atoms with Crippen LogP contribution in [0.25, 0.3) is 11.0 Å². The first-order valence-corrected chi connectivity index (χ1v) is 11.7. The van der Waals surface area contributed by atoms with Crippen LogP contribution in [0.5, 0.6) is 11.5 Å². The zero-order valence-electron chi connectivity index (χ0n) is 19.4. The molecule has 0 unspecified atom stereocenters. The number of nitrogens with zero attached hydrogens (tertiary/aromatic N) is 4. The van der Waals surface area contributed by atoms with Crippen molar-refractivity contribution in [1.82, 2.24) is 19.9 Å². The summed E-state index contributed by atoms with van der Waals surface area (Å²) < 4.78 is 13.0. The van der Waals surface area contributed by atoms with Crippen LogP contribution in [0.2, 0.25) is 0 Å². The minimum Gasteiger partial charge on any atom is -0.490 e. The van der Waals surface area contributed by atoms with Crippen LogP contribution in [0.15, 0.2) is 35.3 Å². The second-order valence-corrected chi connectivity index (χ2v) is 8.97. The lowest BCUT2D eigenvalue weighted by molar-refractivity contribution is -0.118. The molecular formula is C25H26N6O4. The lowest BCUT2D eigenvalue weighted by Gasteiger charge is -2.29. The van der Waals surface area contributed by atoms with Crippen molar-refractivity contribution < 1.29 is 14.3 Å². The first-order valence-electron chi connectivity index (χ1n) is 11.7. The van der Waals surface area contributed by atoms with E-state index in [0.717, 1.165) is 31.4 Å². The Kier molecular flexibility index (Phi) is 6.33. The van der Waals surface area contributed by atoms with Gasteiger partial charge in [0.05, 0.1) is 17.8 Å². The van der Waals surface area contributed by atoms with Gasteiger partial charge in [-0.3, -0.25) is 14.6 Å². The van der Waals surface area contributed by atoms with Crippen molar-refractivity contribution in [1.29, 1.82) is 5.26 Å². The summed E-state index contributed by atoms with van der Waals surface area (Å²) in [4.78, 5) is 32.4. The van der Waals surface area contributed by atoms with Gasteiger partial charge in [-0.1, -0.05) is 0 Å². The summed E-state index contributed by atoms with van der Waals surface area (Å²) in [6, 6.07) is 9.35. The number of nitriles is 1. The fourth-order valence-corrected chi connectivity index (χ4v) is 4.63. The third-order valence-electron chi connectivity index (χ3n) is 6.62. The van der Waals surface area contributed by atoms with Gasteiger partial charge in [0.1, 0.15) is 17.1 Å². The van der Waals surface area contributed by atoms with Crippen molar-refractivity contribution >= 4 is 22.8 Å². The zero-order valence-corrected chi connectivity index (χ0v) is 19.4. The Labute approximate surface area is 201 Å². The number of hydrogen-bond acceptors (Lipinski definition) is 8. The molecule has 0 bridgehead atoms. The molecule has 0 saturated heterocycles. The minimum absolute atomic E-state index is 0.0204. The Morgan fingerprint density at radius 2 is 2.06 bits per heavy atom. The van der Waals surface area contributed by atoms with Gasteiger partial charge in [0, 0.05) is 31.9 Å². The first kappa shape index (κ1) is 22.8. The Morgan fingerprint density at radius 3 is 2.86 bits per heavy atom. The molecule has 1 aliphatic heterocycles. The van der Waals surface area contributed by atoms with Crippen LogP contribution in [0.1, 0.15) is 36.9 Å². The van der Waals surface area contributed by atoms with Crippen LogP contribution in [-0.2, 0) is 18.4 Å². The van der Waals surface area contributed by atoms with E-state index in [2.05, 4.69) is 26.7 Å². The second-order valence-electron chi connectivity index (χ2n) is 8.97. The van der Waals surface area contributed by atoms with E-state index in [-0.39, 0.29) is 18.1 Å². The number of aryl methyl sites for hydroxylation is 1. The van der Waals surface area contributed by atoms with Gasteiger partial charge in [-0.05, 0) is 49.8 Å². The largest absolute Gasteiger partial charge is 0.490 e. The van der Waals surface area contributed by atoms with Crippen molar-refractivity contribution in [3.63, 3.8) is 0 Å². The van der Waals surface area contributed by atoms with Crippen LogP contribution in [0.3, 0.4) is 0 Å². The number of carbonyl (C=O) groups is 1. The number of aromatic nitrogens is 3. The van der Waals surface area contributed by atoms with E-state index in [1.807, 2.05) is 12.1 Å². The molecule has 1 aliphatic carbocycles. The van der Waals surface area contributed by atoms with Crippen molar-refractivity contribution in [3.8, 4) is 17.6 Å². The quantitative estimate of drug-likeness (QED) is 0.556. The summed E-state index contributed by atoms with van der Waals surface area (Å²) in [6.07, 6.45) is 5.47. The Hall–Kier alpha value is -3.97. The fourth-order valence-electron chi connectivity index (χ4n) is 4.63. The van der Waals surface area contributed by atoms with Gasteiger partial charge < -0.3 is 24.7 Å². The minimum atomic E-state index is -0.195. The van der Waals surface area contributed by atoms with E-state index in [9.17, 15) is 14.9 Å². The maximum absolute atomic E-state index is 12.1. The normalized spacial score (nSPS) is 19.4. The predicted octanol–water partition coefficient (Wildman–Crippen LogP) is 2.26. The molecule has 4 heterocycles. The average Bonchev–Trinajstić information content (AvgIpc) is 2.88. The van der Waals surface area contributed by atoms with Crippen LogP contribution >= 0.6 is 0 Å². The van der Waals surface area contributed by atoms with Gasteiger partial charge >= 0.3 is 0 Å². The van der Waals surface area contributed by atoms with Crippen LogP contribution < -0.4 is 25.7 Å². The molecule has 1 amide bonds. The highest BCUT2D eigenvalue weighted by molar-refractivity contribution is 5.94. The molecule has 3 aromatic heterocycles. The van der Waals surface area contributed by atoms with E-state index in [1.54, 1.807) is 13.1 Å². The van der Waals surface area contributed by atoms with Crippen molar-refractivity contribution in [2.75, 3.05) is 18.5 Å². The van der Waals surface area contributed by atoms with Gasteiger partial charge in [-0.2, -0.15) is 5.26 Å². The number of carbonyl (C=O) groups excluding carboxylic acids is 1. The molecular weight excluding hydrogens is 448 g/mol. The Bertz CT molecular complexity index is 1370. The van der Waals surface area contributed by atoms with E-state index in [4.69, 9.17) is 9.47 Å². The lowest BCUT2D eigenvalue weighted by atomic mass is 9.86. The van der Waals surface area contributed by atoms with E-state index >= 15 is 0 Å². The molecule has 180 valence electrons. The highest BCUT2D eigenvalue weighted by Gasteiger charge is 2.23. The first-order chi connectivity index (χ1) is 17.0. The van der Waals surface area contributed by atoms with Crippen molar-refractivity contribution in [2.45, 2.75) is 38.3 Å². The molecule has 1 fully saturated rings. The Morgan fingerprint density at radius 1 is 1.23 bits per heavy atom. The zero-order chi connectivity index (χ0) is 24.4. The second kappa shape index (κ2) is 9.72. The van der Waals surface area contributed by atoms with Gasteiger partial charge in [0.2, 0.25) is 0 Å². The SMILES string of the molecule is Cn1c(=O)ccc2ncc(C#N)c(OCC3CCC(NCc4ccc5c(n4)NC(=O)CO5)CC3)c21. The molecule has 2 N–H and O–H groups in total. The number of anilines is 1. The summed E-state index contributed by atoms with van der Waals surface area (Å²) in [5.41, 5.74) is 2.17. The summed E-state index contributed by atoms with van der Waals surface area (Å²) in [7, 11) is 1.66. The third-order valence-corrected chi connectivity index (χ3v) is 6.62. The molecule has 0 radical (unpaired) electrons. The smallest absolute Gasteiger partial charge is 0.263 e. The summed E-state index contributed by atoms with van der Waals surface area (Å²) >= 11 is 0. The highest BCUT2D eigenvalue weighted by Crippen LogP contribution is 2.30. The third kappa shape index (κ3) is 4.81. The monoisotopic (exact) mass is 474 g/mol. The maximum atomic E-state index is 12.1. The Balaban J connectivity index is 1.17. The van der Waals surface area contributed by atoms with E-state index in [1.165, 1.54) is 16.8 Å². The van der Waals surface area contributed by atoms with Gasteiger partial charge in [-0.15, -0.1) is 0 Å². The topological polar surface area (TPSA) is 131 Å². The number of nitrogens with one attached hydrogen (secondary N) is 2. The van der Waals surface area contributed by atoms with Crippen LogP contribution in [-0.4, -0.2) is 39.7 Å². The molecule has 10 nitrogen and oxygen atoms in total.